The van der Waals surface area contributed by atoms with E-state index in [2.05, 4.69) is 15.4 Å². The Morgan fingerprint density at radius 2 is 2.14 bits per heavy atom. The minimum absolute atomic E-state index is 0.354. The lowest BCUT2D eigenvalue weighted by molar-refractivity contribution is -0.135. The second-order valence-corrected chi connectivity index (χ2v) is 2.67. The minimum Gasteiger partial charge on any atom is -0.465 e. The molecule has 0 heterocycles. The molecule has 0 aromatic carbocycles. The highest BCUT2D eigenvalue weighted by Crippen LogP contribution is 2.17. The molecule has 0 saturated carbocycles. The monoisotopic (exact) mass is 196 g/mol. The van der Waals surface area contributed by atoms with E-state index in [0.717, 1.165) is 0 Å². The Morgan fingerprint density at radius 3 is 2.71 bits per heavy atom. The van der Waals surface area contributed by atoms with E-state index in [-0.39, 0.29) is 6.03 Å². The minimum atomic E-state index is -0.440. The van der Waals surface area contributed by atoms with Crippen molar-refractivity contribution in [2.75, 3.05) is 14.2 Å². The van der Waals surface area contributed by atoms with E-state index in [4.69, 9.17) is 0 Å². The van der Waals surface area contributed by atoms with Gasteiger partial charge in [-0.3, -0.25) is 0 Å². The maximum absolute atomic E-state index is 11.2. The lowest BCUT2D eigenvalue weighted by Crippen LogP contribution is -2.33. The zero-order chi connectivity index (χ0) is 10.6. The maximum Gasteiger partial charge on any atom is 0.339 e. The van der Waals surface area contributed by atoms with Gasteiger partial charge >= 0.3 is 12.0 Å². The summed E-state index contributed by atoms with van der Waals surface area (Å²) in [5, 5.41) is 4.93. The zero-order valence-electron chi connectivity index (χ0n) is 8.09. The molecule has 0 aromatic rings. The van der Waals surface area contributed by atoms with Gasteiger partial charge in [0.15, 0.2) is 0 Å². The maximum atomic E-state index is 11.2. The van der Waals surface area contributed by atoms with Gasteiger partial charge in [0.2, 0.25) is 0 Å². The highest BCUT2D eigenvalue weighted by molar-refractivity contribution is 5.95. The number of esters is 1. The number of methoxy groups -OCH3 is 1. The normalized spacial score (nSPS) is 14.1. The Hall–Kier alpha value is -1.78. The lowest BCUT2D eigenvalue weighted by atomic mass is 10.2. The van der Waals surface area contributed by atoms with Crippen LogP contribution in [0, 0.1) is 0 Å². The molecule has 0 radical (unpaired) electrons. The molecule has 5 heteroatoms. The van der Waals surface area contributed by atoms with Crippen LogP contribution < -0.4 is 10.6 Å². The van der Waals surface area contributed by atoms with Crippen LogP contribution >= 0.6 is 0 Å². The van der Waals surface area contributed by atoms with E-state index in [1.807, 2.05) is 0 Å². The molecule has 14 heavy (non-hydrogen) atoms. The summed E-state index contributed by atoms with van der Waals surface area (Å²) in [4.78, 5) is 22.2. The van der Waals surface area contributed by atoms with Crippen molar-refractivity contribution < 1.29 is 14.3 Å². The average molecular weight is 196 g/mol. The Kier molecular flexibility index (Phi) is 3.28. The third-order valence-corrected chi connectivity index (χ3v) is 1.81. The van der Waals surface area contributed by atoms with Crippen LogP contribution in [0.25, 0.3) is 0 Å². The summed E-state index contributed by atoms with van der Waals surface area (Å²) in [6, 6.07) is -0.354. The first-order valence-corrected chi connectivity index (χ1v) is 4.16. The molecule has 1 aliphatic carbocycles. The van der Waals surface area contributed by atoms with E-state index in [9.17, 15) is 9.59 Å². The van der Waals surface area contributed by atoms with Crippen molar-refractivity contribution in [2.24, 2.45) is 0 Å². The number of ether oxygens (including phenoxy) is 1. The largest absolute Gasteiger partial charge is 0.465 e. The van der Waals surface area contributed by atoms with E-state index >= 15 is 0 Å². The molecular weight excluding hydrogens is 184 g/mol. The highest BCUT2D eigenvalue weighted by Gasteiger charge is 2.19. The Labute approximate surface area is 81.8 Å². The van der Waals surface area contributed by atoms with E-state index in [1.165, 1.54) is 14.2 Å². The molecule has 0 spiro atoms. The fraction of sp³-hybridized carbons (Fsp3) is 0.333. The fourth-order valence-corrected chi connectivity index (χ4v) is 1.12. The molecule has 1 rings (SSSR count). The third kappa shape index (κ3) is 2.12. The summed E-state index contributed by atoms with van der Waals surface area (Å²) >= 11 is 0. The van der Waals surface area contributed by atoms with E-state index < -0.39 is 5.97 Å². The first-order chi connectivity index (χ1) is 6.69. The summed E-state index contributed by atoms with van der Waals surface area (Å²) < 4.78 is 4.56. The Morgan fingerprint density at radius 1 is 1.43 bits per heavy atom. The van der Waals surface area contributed by atoms with Crippen LogP contribution in [-0.2, 0) is 9.53 Å². The molecule has 0 unspecified atom stereocenters. The van der Waals surface area contributed by atoms with Crippen molar-refractivity contribution in [3.05, 3.63) is 23.4 Å². The number of urea groups is 1. The summed E-state index contributed by atoms with van der Waals surface area (Å²) in [5.41, 5.74) is 0.896. The number of hydrogen-bond donors (Lipinski definition) is 2. The number of carbonyl (C=O) groups is 2. The predicted molar refractivity (Wildman–Crippen MR) is 50.4 cm³/mol. The molecular formula is C9H12N2O3. The van der Waals surface area contributed by atoms with Gasteiger partial charge in [0.25, 0.3) is 0 Å². The van der Waals surface area contributed by atoms with E-state index in [0.29, 0.717) is 17.7 Å². The van der Waals surface area contributed by atoms with Crippen LogP contribution in [0.15, 0.2) is 23.4 Å². The molecule has 0 atom stereocenters. The van der Waals surface area contributed by atoms with Gasteiger partial charge in [0.1, 0.15) is 0 Å². The molecule has 2 amide bonds. The van der Waals surface area contributed by atoms with Crippen molar-refractivity contribution >= 4 is 12.0 Å². The molecule has 0 aromatic heterocycles. The quantitative estimate of drug-likeness (QED) is 0.624. The van der Waals surface area contributed by atoms with Gasteiger partial charge in [-0.05, 0) is 6.42 Å². The smallest absolute Gasteiger partial charge is 0.339 e. The van der Waals surface area contributed by atoms with Crippen LogP contribution in [0.1, 0.15) is 6.42 Å². The van der Waals surface area contributed by atoms with Crippen LogP contribution in [0.3, 0.4) is 0 Å². The van der Waals surface area contributed by atoms with Crippen LogP contribution in [0.5, 0.6) is 0 Å². The highest BCUT2D eigenvalue weighted by atomic mass is 16.5. The van der Waals surface area contributed by atoms with Crippen molar-refractivity contribution in [3.63, 3.8) is 0 Å². The number of rotatable bonds is 2. The summed E-state index contributed by atoms with van der Waals surface area (Å²) in [7, 11) is 2.81. The molecule has 2 N–H and O–H groups in total. The molecule has 1 aliphatic rings. The third-order valence-electron chi connectivity index (χ3n) is 1.81. The number of allylic oxidation sites excluding steroid dienone is 2. The molecule has 0 aliphatic heterocycles. The molecule has 0 saturated heterocycles. The second kappa shape index (κ2) is 4.45. The number of carbonyl (C=O) groups excluding carboxylic acids is 2. The van der Waals surface area contributed by atoms with Crippen molar-refractivity contribution in [1.29, 1.82) is 0 Å². The van der Waals surface area contributed by atoms with Gasteiger partial charge < -0.3 is 15.4 Å². The fourth-order valence-electron chi connectivity index (χ4n) is 1.12. The molecule has 5 nitrogen and oxygen atoms in total. The topological polar surface area (TPSA) is 67.4 Å². The van der Waals surface area contributed by atoms with Gasteiger partial charge in [-0.15, -0.1) is 0 Å². The Balaban J connectivity index is 2.67. The van der Waals surface area contributed by atoms with Crippen LogP contribution in [-0.4, -0.2) is 26.2 Å². The van der Waals surface area contributed by atoms with Gasteiger partial charge in [-0.2, -0.15) is 0 Å². The van der Waals surface area contributed by atoms with Crippen molar-refractivity contribution in [3.8, 4) is 0 Å². The SMILES string of the molecule is CNC(=O)NC1=CCC=C1C(=O)OC. The number of hydrogen-bond acceptors (Lipinski definition) is 3. The van der Waals surface area contributed by atoms with Gasteiger partial charge in [-0.25, -0.2) is 9.59 Å². The molecule has 76 valence electrons. The first kappa shape index (κ1) is 10.3. The molecule has 0 bridgehead atoms. The summed E-state index contributed by atoms with van der Waals surface area (Å²) in [6.07, 6.45) is 4.09. The summed E-state index contributed by atoms with van der Waals surface area (Å²) in [6.45, 7) is 0. The van der Waals surface area contributed by atoms with Crippen LogP contribution in [0.4, 0.5) is 4.79 Å². The van der Waals surface area contributed by atoms with Gasteiger partial charge in [-0.1, -0.05) is 12.2 Å². The second-order valence-electron chi connectivity index (χ2n) is 2.67. The first-order valence-electron chi connectivity index (χ1n) is 4.16. The lowest BCUT2D eigenvalue weighted by Gasteiger charge is -2.07. The van der Waals surface area contributed by atoms with Crippen molar-refractivity contribution in [2.45, 2.75) is 6.42 Å². The number of amides is 2. The van der Waals surface area contributed by atoms with E-state index in [1.54, 1.807) is 12.2 Å². The summed E-state index contributed by atoms with van der Waals surface area (Å²) in [5.74, 6) is -0.440. The zero-order valence-corrected chi connectivity index (χ0v) is 8.09. The average Bonchev–Trinajstić information content (AvgIpc) is 2.64. The number of nitrogens with one attached hydrogen (secondary N) is 2. The van der Waals surface area contributed by atoms with Gasteiger partial charge in [0.05, 0.1) is 18.4 Å². The van der Waals surface area contributed by atoms with Gasteiger partial charge in [0, 0.05) is 7.05 Å². The molecule has 0 fully saturated rings. The Bertz CT molecular complexity index is 318. The standard InChI is InChI=1S/C9H12N2O3/c1-10-9(13)11-7-5-3-4-6(7)8(12)14-2/h4-5H,3H2,1-2H3,(H2,10,11,13). The van der Waals surface area contributed by atoms with Crippen molar-refractivity contribution in [1.82, 2.24) is 10.6 Å². The van der Waals surface area contributed by atoms with Crippen LogP contribution in [0.2, 0.25) is 0 Å². The predicted octanol–water partition coefficient (Wildman–Crippen LogP) is 0.302.